The first-order valence-electron chi connectivity index (χ1n) is 9.35. The lowest BCUT2D eigenvalue weighted by molar-refractivity contribution is 0.0793. The summed E-state index contributed by atoms with van der Waals surface area (Å²) in [6.07, 6.45) is 5.65. The monoisotopic (exact) mass is 394 g/mol. The molecule has 2 aromatic heterocycles. The summed E-state index contributed by atoms with van der Waals surface area (Å²) in [4.78, 5) is 14.4. The molecule has 1 fully saturated rings. The van der Waals surface area contributed by atoms with E-state index in [0.29, 0.717) is 18.1 Å². The molecule has 0 spiro atoms. The molecule has 1 aliphatic rings. The average Bonchev–Trinajstić information content (AvgIpc) is 3.48. The lowest BCUT2D eigenvalue weighted by atomic mass is 10.1. The minimum Gasteiger partial charge on any atom is -0.461 e. The summed E-state index contributed by atoms with van der Waals surface area (Å²) >= 11 is 1.60. The summed E-state index contributed by atoms with van der Waals surface area (Å²) in [5.74, 6) is 2.25. The van der Waals surface area contributed by atoms with Gasteiger partial charge >= 0.3 is 0 Å². The fourth-order valence-corrected chi connectivity index (χ4v) is 4.18. The van der Waals surface area contributed by atoms with Crippen LogP contribution in [0.1, 0.15) is 28.8 Å². The number of benzene rings is 1. The molecule has 0 saturated carbocycles. The SMILES string of the molecule is C=CCn1c(SCc2ccc(C(=O)N3CCCC3)cc2)nnc1-c1ccco1. The number of furan rings is 1. The molecule has 0 aliphatic carbocycles. The molecule has 4 rings (SSSR count). The van der Waals surface area contributed by atoms with E-state index in [1.165, 1.54) is 0 Å². The van der Waals surface area contributed by atoms with Crippen molar-refractivity contribution in [2.75, 3.05) is 13.1 Å². The third-order valence-electron chi connectivity index (χ3n) is 4.73. The number of hydrogen-bond donors (Lipinski definition) is 0. The molecule has 0 N–H and O–H groups in total. The van der Waals surface area contributed by atoms with Crippen LogP contribution in [-0.2, 0) is 12.3 Å². The first-order valence-corrected chi connectivity index (χ1v) is 10.3. The summed E-state index contributed by atoms with van der Waals surface area (Å²) in [5.41, 5.74) is 1.89. The topological polar surface area (TPSA) is 64.2 Å². The van der Waals surface area contributed by atoms with E-state index in [2.05, 4.69) is 16.8 Å². The Morgan fingerprint density at radius 1 is 1.18 bits per heavy atom. The normalized spacial score (nSPS) is 13.8. The number of nitrogens with zero attached hydrogens (tertiary/aromatic N) is 4. The Kier molecular flexibility index (Phi) is 5.62. The summed E-state index contributed by atoms with van der Waals surface area (Å²) < 4.78 is 7.45. The molecular formula is C21H22N4O2S. The van der Waals surface area contributed by atoms with Crippen molar-refractivity contribution in [1.29, 1.82) is 0 Å². The zero-order chi connectivity index (χ0) is 19.3. The summed E-state index contributed by atoms with van der Waals surface area (Å²) in [6, 6.07) is 11.6. The molecule has 1 aromatic carbocycles. The average molecular weight is 395 g/mol. The van der Waals surface area contributed by atoms with Gasteiger partial charge in [0, 0.05) is 31.0 Å². The third kappa shape index (κ3) is 3.89. The molecule has 0 unspecified atom stereocenters. The van der Waals surface area contributed by atoms with Crippen LogP contribution in [0.4, 0.5) is 0 Å². The van der Waals surface area contributed by atoms with Crippen molar-refractivity contribution >= 4 is 17.7 Å². The van der Waals surface area contributed by atoms with Gasteiger partial charge in [-0.25, -0.2) is 0 Å². The molecule has 0 radical (unpaired) electrons. The van der Waals surface area contributed by atoms with Crippen LogP contribution < -0.4 is 0 Å². The highest BCUT2D eigenvalue weighted by Gasteiger charge is 2.19. The number of rotatable bonds is 7. The van der Waals surface area contributed by atoms with Crippen LogP contribution >= 0.6 is 11.8 Å². The van der Waals surface area contributed by atoms with E-state index in [1.54, 1.807) is 18.0 Å². The predicted molar refractivity (Wildman–Crippen MR) is 109 cm³/mol. The standard InChI is InChI=1S/C21H22N4O2S/c1-2-11-25-19(18-6-5-14-27-18)22-23-21(25)28-15-16-7-9-17(10-8-16)20(26)24-12-3-4-13-24/h2,5-10,14H,1,3-4,11-13,15H2. The van der Waals surface area contributed by atoms with Crippen LogP contribution in [0.25, 0.3) is 11.6 Å². The summed E-state index contributed by atoms with van der Waals surface area (Å²) in [6.45, 7) is 6.17. The number of allylic oxidation sites excluding steroid dienone is 1. The fraction of sp³-hybridized carbons (Fsp3) is 0.286. The van der Waals surface area contributed by atoms with Gasteiger partial charge in [0.1, 0.15) is 0 Å². The maximum absolute atomic E-state index is 12.5. The van der Waals surface area contributed by atoms with Gasteiger partial charge < -0.3 is 9.32 Å². The van der Waals surface area contributed by atoms with Crippen molar-refractivity contribution in [3.63, 3.8) is 0 Å². The van der Waals surface area contributed by atoms with Crippen LogP contribution in [0.2, 0.25) is 0 Å². The molecule has 7 heteroatoms. The first-order chi connectivity index (χ1) is 13.8. The van der Waals surface area contributed by atoms with Gasteiger partial charge in [0.2, 0.25) is 5.82 Å². The van der Waals surface area contributed by atoms with Crippen LogP contribution in [0.15, 0.2) is 64.9 Å². The van der Waals surface area contributed by atoms with E-state index < -0.39 is 0 Å². The Balaban J connectivity index is 1.44. The Hall–Kier alpha value is -2.80. The lowest BCUT2D eigenvalue weighted by Gasteiger charge is -2.15. The van der Waals surface area contributed by atoms with Crippen LogP contribution in [-0.4, -0.2) is 38.7 Å². The molecular weight excluding hydrogens is 372 g/mol. The highest BCUT2D eigenvalue weighted by atomic mass is 32.2. The van der Waals surface area contributed by atoms with Gasteiger partial charge in [-0.05, 0) is 42.7 Å². The second-order valence-electron chi connectivity index (χ2n) is 6.67. The Bertz CT molecular complexity index is 941. The largest absolute Gasteiger partial charge is 0.461 e. The molecule has 28 heavy (non-hydrogen) atoms. The zero-order valence-electron chi connectivity index (χ0n) is 15.6. The number of thioether (sulfide) groups is 1. The molecule has 0 atom stereocenters. The highest BCUT2D eigenvalue weighted by Crippen LogP contribution is 2.27. The van der Waals surface area contributed by atoms with Crippen LogP contribution in [0.5, 0.6) is 0 Å². The van der Waals surface area contributed by atoms with Crippen molar-refractivity contribution in [3.8, 4) is 11.6 Å². The van der Waals surface area contributed by atoms with E-state index >= 15 is 0 Å². The van der Waals surface area contributed by atoms with Gasteiger partial charge in [-0.15, -0.1) is 16.8 Å². The predicted octanol–water partition coefficient (Wildman–Crippen LogP) is 4.25. The molecule has 6 nitrogen and oxygen atoms in total. The molecule has 0 bridgehead atoms. The molecule has 1 saturated heterocycles. The van der Waals surface area contributed by atoms with E-state index in [9.17, 15) is 4.79 Å². The maximum atomic E-state index is 12.5. The van der Waals surface area contributed by atoms with Gasteiger partial charge in [-0.3, -0.25) is 9.36 Å². The van der Waals surface area contributed by atoms with E-state index in [1.807, 2.05) is 51.9 Å². The Labute approximate surface area is 168 Å². The van der Waals surface area contributed by atoms with Crippen molar-refractivity contribution in [2.24, 2.45) is 0 Å². The molecule has 3 aromatic rings. The van der Waals surface area contributed by atoms with Gasteiger partial charge in [0.15, 0.2) is 10.9 Å². The smallest absolute Gasteiger partial charge is 0.253 e. The quantitative estimate of drug-likeness (QED) is 0.443. The molecule has 1 amide bonds. The maximum Gasteiger partial charge on any atom is 0.253 e. The second kappa shape index (κ2) is 8.48. The van der Waals surface area contributed by atoms with Gasteiger partial charge in [-0.1, -0.05) is 30.0 Å². The number of carbonyl (C=O) groups excluding carboxylic acids is 1. The van der Waals surface area contributed by atoms with E-state index in [0.717, 1.165) is 48.0 Å². The molecule has 3 heterocycles. The first kappa shape index (κ1) is 18.6. The number of aromatic nitrogens is 3. The number of likely N-dealkylation sites (tertiary alicyclic amines) is 1. The minimum absolute atomic E-state index is 0.130. The third-order valence-corrected chi connectivity index (χ3v) is 5.77. The van der Waals surface area contributed by atoms with Crippen molar-refractivity contribution in [3.05, 3.63) is 66.4 Å². The molecule has 1 aliphatic heterocycles. The van der Waals surface area contributed by atoms with E-state index in [-0.39, 0.29) is 5.91 Å². The Morgan fingerprint density at radius 2 is 1.96 bits per heavy atom. The Morgan fingerprint density at radius 3 is 2.64 bits per heavy atom. The second-order valence-corrected chi connectivity index (χ2v) is 7.61. The number of carbonyl (C=O) groups is 1. The van der Waals surface area contributed by atoms with Crippen molar-refractivity contribution < 1.29 is 9.21 Å². The highest BCUT2D eigenvalue weighted by molar-refractivity contribution is 7.98. The molecule has 144 valence electrons. The zero-order valence-corrected chi connectivity index (χ0v) is 16.4. The minimum atomic E-state index is 0.130. The van der Waals surface area contributed by atoms with Crippen LogP contribution in [0.3, 0.4) is 0 Å². The van der Waals surface area contributed by atoms with Gasteiger partial charge in [-0.2, -0.15) is 0 Å². The van der Waals surface area contributed by atoms with E-state index in [4.69, 9.17) is 4.42 Å². The fourth-order valence-electron chi connectivity index (χ4n) is 3.27. The number of amides is 1. The van der Waals surface area contributed by atoms with Crippen molar-refractivity contribution in [2.45, 2.75) is 30.3 Å². The van der Waals surface area contributed by atoms with Gasteiger partial charge in [0.25, 0.3) is 5.91 Å². The van der Waals surface area contributed by atoms with Crippen molar-refractivity contribution in [1.82, 2.24) is 19.7 Å². The number of hydrogen-bond acceptors (Lipinski definition) is 5. The lowest BCUT2D eigenvalue weighted by Crippen LogP contribution is -2.27. The summed E-state index contributed by atoms with van der Waals surface area (Å²) in [5, 5.41) is 9.39. The van der Waals surface area contributed by atoms with Crippen LogP contribution in [0, 0.1) is 0 Å². The summed E-state index contributed by atoms with van der Waals surface area (Å²) in [7, 11) is 0. The van der Waals surface area contributed by atoms with Gasteiger partial charge in [0.05, 0.1) is 6.26 Å².